The second-order valence-electron chi connectivity index (χ2n) is 6.65. The fourth-order valence-corrected chi connectivity index (χ4v) is 3.48. The number of anilines is 1. The number of rotatable bonds is 7. The van der Waals surface area contributed by atoms with Crippen molar-refractivity contribution in [1.29, 1.82) is 0 Å². The molecule has 0 aromatic heterocycles. The van der Waals surface area contributed by atoms with Crippen LogP contribution in [0.5, 0.6) is 17.2 Å². The Kier molecular flexibility index (Phi) is 6.26. The van der Waals surface area contributed by atoms with Crippen LogP contribution in [0.1, 0.15) is 28.8 Å². The molecule has 3 rings (SSSR count). The van der Waals surface area contributed by atoms with Crippen molar-refractivity contribution in [2.24, 2.45) is 0 Å². The number of aliphatic hydroxyl groups is 1. The number of carbonyl (C=O) groups excluding carboxylic acids is 1. The SMILES string of the molecule is COc1cc(C(=O)N2CCCC2CO)c(N)c(OC)c1OCc1ccccc1. The molecule has 1 aliphatic heterocycles. The van der Waals surface area contributed by atoms with Crippen LogP contribution in [-0.2, 0) is 6.61 Å². The van der Waals surface area contributed by atoms with Gasteiger partial charge in [0.15, 0.2) is 11.5 Å². The number of likely N-dealkylation sites (tertiary alicyclic amines) is 1. The molecule has 0 bridgehead atoms. The average Bonchev–Trinajstić information content (AvgIpc) is 3.21. The number of ether oxygens (including phenoxy) is 3. The molecule has 0 spiro atoms. The lowest BCUT2D eigenvalue weighted by Gasteiger charge is -2.25. The van der Waals surface area contributed by atoms with Gasteiger partial charge in [0.1, 0.15) is 6.61 Å². The molecular formula is C21H26N2O5. The van der Waals surface area contributed by atoms with Gasteiger partial charge in [0.2, 0.25) is 5.75 Å². The normalized spacial score (nSPS) is 16.1. The molecule has 0 saturated carbocycles. The number of aliphatic hydroxyl groups excluding tert-OH is 1. The number of nitrogens with zero attached hydrogens (tertiary/aromatic N) is 1. The highest BCUT2D eigenvalue weighted by atomic mass is 16.5. The van der Waals surface area contributed by atoms with Crippen LogP contribution in [0.25, 0.3) is 0 Å². The maximum Gasteiger partial charge on any atom is 0.256 e. The third-order valence-electron chi connectivity index (χ3n) is 4.97. The molecule has 7 heteroatoms. The molecule has 1 atom stereocenters. The number of benzene rings is 2. The lowest BCUT2D eigenvalue weighted by atomic mass is 10.1. The fraction of sp³-hybridized carbons (Fsp3) is 0.381. The Morgan fingerprint density at radius 3 is 2.61 bits per heavy atom. The van der Waals surface area contributed by atoms with Gasteiger partial charge >= 0.3 is 0 Å². The van der Waals surface area contributed by atoms with Gasteiger partial charge in [-0.15, -0.1) is 0 Å². The molecule has 1 saturated heterocycles. The molecule has 1 fully saturated rings. The highest BCUT2D eigenvalue weighted by Gasteiger charge is 2.32. The van der Waals surface area contributed by atoms with Gasteiger partial charge in [0, 0.05) is 6.54 Å². The van der Waals surface area contributed by atoms with Crippen LogP contribution in [0.4, 0.5) is 5.69 Å². The molecule has 7 nitrogen and oxygen atoms in total. The summed E-state index contributed by atoms with van der Waals surface area (Å²) in [5.74, 6) is 0.728. The zero-order chi connectivity index (χ0) is 20.1. The van der Waals surface area contributed by atoms with Gasteiger partial charge in [-0.3, -0.25) is 4.79 Å². The van der Waals surface area contributed by atoms with E-state index in [0.29, 0.717) is 24.7 Å². The van der Waals surface area contributed by atoms with Crippen LogP contribution >= 0.6 is 0 Å². The van der Waals surface area contributed by atoms with Gasteiger partial charge in [-0.1, -0.05) is 30.3 Å². The minimum Gasteiger partial charge on any atom is -0.493 e. The van der Waals surface area contributed by atoms with Crippen LogP contribution in [-0.4, -0.2) is 49.3 Å². The highest BCUT2D eigenvalue weighted by molar-refractivity contribution is 6.02. The average molecular weight is 386 g/mol. The first-order chi connectivity index (χ1) is 13.6. The Hall–Kier alpha value is -2.93. The maximum atomic E-state index is 13.0. The Bertz CT molecular complexity index is 825. The topological polar surface area (TPSA) is 94.2 Å². The summed E-state index contributed by atoms with van der Waals surface area (Å²) in [6, 6.07) is 11.1. The van der Waals surface area contributed by atoms with Crippen LogP contribution < -0.4 is 19.9 Å². The second kappa shape index (κ2) is 8.84. The van der Waals surface area contributed by atoms with Gasteiger partial charge in [-0.25, -0.2) is 0 Å². The van der Waals surface area contributed by atoms with E-state index in [-0.39, 0.29) is 35.6 Å². The molecule has 0 radical (unpaired) electrons. The maximum absolute atomic E-state index is 13.0. The number of carbonyl (C=O) groups is 1. The molecule has 2 aromatic rings. The van der Waals surface area contributed by atoms with E-state index in [9.17, 15) is 9.90 Å². The summed E-state index contributed by atoms with van der Waals surface area (Å²) in [4.78, 5) is 14.7. The van der Waals surface area contributed by atoms with Crippen LogP contribution in [0, 0.1) is 0 Å². The van der Waals surface area contributed by atoms with Gasteiger partial charge in [0.05, 0.1) is 38.1 Å². The number of hydrogen-bond donors (Lipinski definition) is 2. The molecule has 150 valence electrons. The van der Waals surface area contributed by atoms with Crippen LogP contribution in [0.15, 0.2) is 36.4 Å². The van der Waals surface area contributed by atoms with Crippen LogP contribution in [0.3, 0.4) is 0 Å². The lowest BCUT2D eigenvalue weighted by Crippen LogP contribution is -2.38. The van der Waals surface area contributed by atoms with Crippen molar-refractivity contribution in [3.63, 3.8) is 0 Å². The summed E-state index contributed by atoms with van der Waals surface area (Å²) >= 11 is 0. The molecule has 3 N–H and O–H groups in total. The fourth-order valence-electron chi connectivity index (χ4n) is 3.48. The van der Waals surface area contributed by atoms with Crippen molar-refractivity contribution in [3.05, 3.63) is 47.5 Å². The van der Waals surface area contributed by atoms with Crippen molar-refractivity contribution in [3.8, 4) is 17.2 Å². The first-order valence-electron chi connectivity index (χ1n) is 9.23. The van der Waals surface area contributed by atoms with E-state index in [1.54, 1.807) is 11.0 Å². The summed E-state index contributed by atoms with van der Waals surface area (Å²) in [5.41, 5.74) is 7.73. The predicted octanol–water partition coefficient (Wildman–Crippen LogP) is 2.46. The third kappa shape index (κ3) is 3.84. The van der Waals surface area contributed by atoms with Crippen molar-refractivity contribution in [2.45, 2.75) is 25.5 Å². The zero-order valence-corrected chi connectivity index (χ0v) is 16.2. The third-order valence-corrected chi connectivity index (χ3v) is 4.97. The molecule has 1 heterocycles. The van der Waals surface area contributed by atoms with E-state index in [0.717, 1.165) is 18.4 Å². The van der Waals surface area contributed by atoms with Gasteiger partial charge in [-0.05, 0) is 24.5 Å². The van der Waals surface area contributed by atoms with E-state index in [2.05, 4.69) is 0 Å². The molecule has 1 amide bonds. The largest absolute Gasteiger partial charge is 0.493 e. The number of nitrogen functional groups attached to an aromatic ring is 1. The zero-order valence-electron chi connectivity index (χ0n) is 16.2. The van der Waals surface area contributed by atoms with Gasteiger partial charge in [0.25, 0.3) is 5.91 Å². The van der Waals surface area contributed by atoms with Crippen molar-refractivity contribution in [2.75, 3.05) is 33.1 Å². The molecular weight excluding hydrogens is 360 g/mol. The smallest absolute Gasteiger partial charge is 0.256 e. The van der Waals surface area contributed by atoms with Crippen LogP contribution in [0.2, 0.25) is 0 Å². The van der Waals surface area contributed by atoms with E-state index < -0.39 is 0 Å². The highest BCUT2D eigenvalue weighted by Crippen LogP contribution is 2.45. The van der Waals surface area contributed by atoms with Crippen molar-refractivity contribution in [1.82, 2.24) is 4.90 Å². The molecule has 2 aromatic carbocycles. The predicted molar refractivity (Wildman–Crippen MR) is 106 cm³/mol. The number of hydrogen-bond acceptors (Lipinski definition) is 6. The Labute approximate surface area is 164 Å². The summed E-state index contributed by atoms with van der Waals surface area (Å²) in [6.45, 7) is 0.817. The monoisotopic (exact) mass is 386 g/mol. The van der Waals surface area contributed by atoms with Gasteiger partial charge < -0.3 is 30.0 Å². The molecule has 28 heavy (non-hydrogen) atoms. The Morgan fingerprint density at radius 1 is 1.21 bits per heavy atom. The number of amides is 1. The number of nitrogens with two attached hydrogens (primary N) is 1. The van der Waals surface area contributed by atoms with E-state index in [1.807, 2.05) is 30.3 Å². The molecule has 1 aliphatic rings. The minimum atomic E-state index is -0.250. The lowest BCUT2D eigenvalue weighted by molar-refractivity contribution is 0.0678. The summed E-state index contributed by atoms with van der Waals surface area (Å²) in [6.07, 6.45) is 1.62. The summed E-state index contributed by atoms with van der Waals surface area (Å²) in [5, 5.41) is 9.53. The second-order valence-corrected chi connectivity index (χ2v) is 6.65. The first kappa shape index (κ1) is 19.8. The van der Waals surface area contributed by atoms with Crippen molar-refractivity contribution >= 4 is 11.6 Å². The van der Waals surface area contributed by atoms with E-state index in [1.165, 1.54) is 14.2 Å². The first-order valence-corrected chi connectivity index (χ1v) is 9.23. The van der Waals surface area contributed by atoms with E-state index in [4.69, 9.17) is 19.9 Å². The van der Waals surface area contributed by atoms with Gasteiger partial charge in [-0.2, -0.15) is 0 Å². The Balaban J connectivity index is 1.94. The Morgan fingerprint density at radius 2 is 1.96 bits per heavy atom. The summed E-state index contributed by atoms with van der Waals surface area (Å²) in [7, 11) is 2.97. The summed E-state index contributed by atoms with van der Waals surface area (Å²) < 4.78 is 16.8. The molecule has 0 aliphatic carbocycles. The van der Waals surface area contributed by atoms with Crippen molar-refractivity contribution < 1.29 is 24.1 Å². The quantitative estimate of drug-likeness (QED) is 0.710. The molecule has 1 unspecified atom stereocenters. The van der Waals surface area contributed by atoms with E-state index >= 15 is 0 Å². The standard InChI is InChI=1S/C21H26N2O5/c1-26-17-11-16(21(25)23-10-6-9-15(23)12-24)18(22)20(27-2)19(17)28-13-14-7-4-3-5-8-14/h3-5,7-8,11,15,24H,6,9-10,12-13,22H2,1-2H3. The number of methoxy groups -OCH3 is 2. The minimum absolute atomic E-state index is 0.0712.